The highest BCUT2D eigenvalue weighted by molar-refractivity contribution is 7.92. The van der Waals surface area contributed by atoms with Gasteiger partial charge in [-0.3, -0.25) is 14.4 Å². The second-order valence-corrected chi connectivity index (χ2v) is 10.5. The number of sulfonamides is 1. The summed E-state index contributed by atoms with van der Waals surface area (Å²) in [7, 11) is -4.49. The number of hydrogen-bond acceptors (Lipinski definition) is 7. The second kappa shape index (κ2) is 11.3. The van der Waals surface area contributed by atoms with Gasteiger partial charge in [-0.2, -0.15) is 0 Å². The van der Waals surface area contributed by atoms with Gasteiger partial charge in [-0.15, -0.1) is 0 Å². The number of aromatic nitrogens is 1. The number of nitrogens with one attached hydrogen (secondary N) is 2. The van der Waals surface area contributed by atoms with Crippen molar-refractivity contribution in [3.63, 3.8) is 0 Å². The van der Waals surface area contributed by atoms with E-state index in [1.807, 2.05) is 16.7 Å². The van der Waals surface area contributed by atoms with Gasteiger partial charge in [0.1, 0.15) is 22.3 Å². The molecule has 0 aliphatic carbocycles. The SMILES string of the molecule is CCCNC(=O)CN1CCN(c2cc(C(=O)O)c3cc(NS(=O)(=O)c4cc(F)ccc4F)ccc3n2)CC1. The number of carbonyl (C=O) groups excluding carboxylic acids is 1. The number of rotatable bonds is 9. The summed E-state index contributed by atoms with van der Waals surface area (Å²) in [5.74, 6) is -2.88. The molecule has 0 unspecified atom stereocenters. The predicted molar refractivity (Wildman–Crippen MR) is 138 cm³/mol. The Labute approximate surface area is 218 Å². The average Bonchev–Trinajstić information content (AvgIpc) is 2.88. The van der Waals surface area contributed by atoms with Crippen LogP contribution in [0, 0.1) is 11.6 Å². The largest absolute Gasteiger partial charge is 0.478 e. The zero-order chi connectivity index (χ0) is 27.4. The molecule has 1 aromatic heterocycles. The molecule has 0 saturated carbocycles. The Morgan fingerprint density at radius 1 is 1.05 bits per heavy atom. The summed E-state index contributed by atoms with van der Waals surface area (Å²) in [5, 5.41) is 12.9. The molecule has 2 heterocycles. The van der Waals surface area contributed by atoms with Crippen LogP contribution >= 0.6 is 0 Å². The lowest BCUT2D eigenvalue weighted by atomic mass is 10.1. The number of amides is 1. The Morgan fingerprint density at radius 3 is 2.47 bits per heavy atom. The molecule has 38 heavy (non-hydrogen) atoms. The molecule has 2 aromatic carbocycles. The van der Waals surface area contributed by atoms with Crippen LogP contribution < -0.4 is 14.9 Å². The monoisotopic (exact) mass is 547 g/mol. The maximum atomic E-state index is 14.0. The lowest BCUT2D eigenvalue weighted by Gasteiger charge is -2.35. The maximum absolute atomic E-state index is 14.0. The summed E-state index contributed by atoms with van der Waals surface area (Å²) in [4.78, 5) is 31.7. The smallest absolute Gasteiger partial charge is 0.336 e. The second-order valence-electron chi connectivity index (χ2n) is 8.86. The number of carbonyl (C=O) groups is 2. The normalized spacial score (nSPS) is 14.4. The van der Waals surface area contributed by atoms with Crippen LogP contribution in [0.5, 0.6) is 0 Å². The van der Waals surface area contributed by atoms with Gasteiger partial charge in [0, 0.05) is 43.8 Å². The minimum atomic E-state index is -4.49. The topological polar surface area (TPSA) is 132 Å². The van der Waals surface area contributed by atoms with Crippen molar-refractivity contribution in [2.75, 3.05) is 48.9 Å². The lowest BCUT2D eigenvalue weighted by Crippen LogP contribution is -2.49. The molecule has 4 rings (SSSR count). The van der Waals surface area contributed by atoms with Crippen molar-refractivity contribution in [2.45, 2.75) is 18.2 Å². The van der Waals surface area contributed by atoms with Crippen molar-refractivity contribution < 1.29 is 31.9 Å². The van der Waals surface area contributed by atoms with E-state index in [4.69, 9.17) is 0 Å². The molecule has 3 N–H and O–H groups in total. The van der Waals surface area contributed by atoms with E-state index in [9.17, 15) is 31.9 Å². The molecule has 0 atom stereocenters. The Morgan fingerprint density at radius 2 is 1.79 bits per heavy atom. The third-order valence-corrected chi connectivity index (χ3v) is 7.49. The molecule has 1 aliphatic heterocycles. The molecule has 1 amide bonds. The highest BCUT2D eigenvalue weighted by Gasteiger charge is 2.24. The average molecular weight is 548 g/mol. The summed E-state index contributed by atoms with van der Waals surface area (Å²) in [6.45, 7) is 5.16. The van der Waals surface area contributed by atoms with E-state index in [0.717, 1.165) is 12.5 Å². The number of pyridine rings is 1. The summed E-state index contributed by atoms with van der Waals surface area (Å²) < 4.78 is 55.0. The van der Waals surface area contributed by atoms with Crippen LogP contribution in [0.2, 0.25) is 0 Å². The van der Waals surface area contributed by atoms with Crippen LogP contribution in [-0.4, -0.2) is 74.6 Å². The van der Waals surface area contributed by atoms with Crippen LogP contribution in [0.1, 0.15) is 23.7 Å². The first kappa shape index (κ1) is 27.2. The molecule has 0 spiro atoms. The fourth-order valence-corrected chi connectivity index (χ4v) is 5.31. The van der Waals surface area contributed by atoms with Gasteiger partial charge in [0.25, 0.3) is 10.0 Å². The van der Waals surface area contributed by atoms with Gasteiger partial charge in [-0.25, -0.2) is 27.0 Å². The molecule has 1 saturated heterocycles. The molecule has 0 radical (unpaired) electrons. The van der Waals surface area contributed by atoms with Crippen molar-refractivity contribution in [2.24, 2.45) is 0 Å². The van der Waals surface area contributed by atoms with Gasteiger partial charge < -0.3 is 15.3 Å². The molecule has 10 nitrogen and oxygen atoms in total. The van der Waals surface area contributed by atoms with Crippen LogP contribution in [0.15, 0.2) is 47.4 Å². The molecule has 13 heteroatoms. The number of carboxylic acid groups (broad SMARTS) is 1. The number of benzene rings is 2. The molecular formula is C25H27F2N5O5S. The van der Waals surface area contributed by atoms with Crippen LogP contribution in [0.3, 0.4) is 0 Å². The minimum absolute atomic E-state index is 0.0341. The Hall–Kier alpha value is -3.84. The first-order chi connectivity index (χ1) is 18.1. The van der Waals surface area contributed by atoms with Crippen molar-refractivity contribution in [1.82, 2.24) is 15.2 Å². The number of hydrogen-bond donors (Lipinski definition) is 3. The molecule has 3 aromatic rings. The summed E-state index contributed by atoms with van der Waals surface area (Å²) >= 11 is 0. The van der Waals surface area contributed by atoms with E-state index in [1.165, 1.54) is 24.3 Å². The Kier molecular flexibility index (Phi) is 8.07. The van der Waals surface area contributed by atoms with E-state index in [2.05, 4.69) is 15.0 Å². The number of carboxylic acids is 1. The maximum Gasteiger partial charge on any atom is 0.336 e. The van der Waals surface area contributed by atoms with Gasteiger partial charge in [0.15, 0.2) is 0 Å². The third kappa shape index (κ3) is 6.17. The quantitative estimate of drug-likeness (QED) is 0.373. The fourth-order valence-electron chi connectivity index (χ4n) is 4.17. The molecule has 1 fully saturated rings. The van der Waals surface area contributed by atoms with E-state index >= 15 is 0 Å². The van der Waals surface area contributed by atoms with Gasteiger partial charge in [0.05, 0.1) is 17.6 Å². The van der Waals surface area contributed by atoms with Crippen molar-refractivity contribution in [3.8, 4) is 0 Å². The van der Waals surface area contributed by atoms with Crippen molar-refractivity contribution in [1.29, 1.82) is 0 Å². The van der Waals surface area contributed by atoms with Crippen LogP contribution in [0.25, 0.3) is 10.9 Å². The van der Waals surface area contributed by atoms with Crippen molar-refractivity contribution in [3.05, 3.63) is 59.7 Å². The first-order valence-corrected chi connectivity index (χ1v) is 13.5. The molecule has 1 aliphatic rings. The van der Waals surface area contributed by atoms with E-state index in [1.54, 1.807) is 0 Å². The van der Waals surface area contributed by atoms with E-state index < -0.39 is 32.5 Å². The number of anilines is 2. The van der Waals surface area contributed by atoms with Gasteiger partial charge >= 0.3 is 5.97 Å². The van der Waals surface area contributed by atoms with Gasteiger partial charge in [0.2, 0.25) is 5.91 Å². The van der Waals surface area contributed by atoms with Gasteiger partial charge in [-0.1, -0.05) is 6.92 Å². The summed E-state index contributed by atoms with van der Waals surface area (Å²) in [6.07, 6.45) is 0.859. The van der Waals surface area contributed by atoms with Gasteiger partial charge in [-0.05, 0) is 48.9 Å². The number of nitrogens with zero attached hydrogens (tertiary/aromatic N) is 3. The minimum Gasteiger partial charge on any atom is -0.478 e. The summed E-state index contributed by atoms with van der Waals surface area (Å²) in [6, 6.07) is 7.60. The van der Waals surface area contributed by atoms with E-state index in [-0.39, 0.29) is 29.1 Å². The first-order valence-electron chi connectivity index (χ1n) is 12.0. The Bertz CT molecular complexity index is 1480. The third-order valence-electron chi connectivity index (χ3n) is 6.10. The highest BCUT2D eigenvalue weighted by atomic mass is 32.2. The van der Waals surface area contributed by atoms with Crippen molar-refractivity contribution >= 4 is 44.3 Å². The standard InChI is InChI=1S/C25H27F2N5O5S/c1-2-7-28-24(33)15-31-8-10-32(11-9-31)23-14-19(25(34)35)18-13-17(4-6-21(18)29-23)30-38(36,37)22-12-16(26)3-5-20(22)27/h3-6,12-14,30H,2,7-11,15H2,1H3,(H,28,33)(H,34,35). The highest BCUT2D eigenvalue weighted by Crippen LogP contribution is 2.28. The molecule has 0 bridgehead atoms. The lowest BCUT2D eigenvalue weighted by molar-refractivity contribution is -0.122. The zero-order valence-corrected chi connectivity index (χ0v) is 21.4. The number of piperazine rings is 1. The summed E-state index contributed by atoms with van der Waals surface area (Å²) in [5.41, 5.74) is 0.193. The number of halogens is 2. The number of aromatic carboxylic acids is 1. The molecular weight excluding hydrogens is 520 g/mol. The Balaban J connectivity index is 1.55. The van der Waals surface area contributed by atoms with Crippen LogP contribution in [-0.2, 0) is 14.8 Å². The predicted octanol–water partition coefficient (Wildman–Crippen LogP) is 2.66. The number of fused-ring (bicyclic) bond motifs is 1. The van der Waals surface area contributed by atoms with Crippen LogP contribution in [0.4, 0.5) is 20.3 Å². The zero-order valence-electron chi connectivity index (χ0n) is 20.6. The fraction of sp³-hybridized carbons (Fsp3) is 0.320. The van der Waals surface area contributed by atoms with E-state index in [0.29, 0.717) is 56.2 Å². The molecule has 202 valence electrons.